The van der Waals surface area contributed by atoms with Gasteiger partial charge in [-0.1, -0.05) is 18.2 Å². The largest absolute Gasteiger partial charge is 0.390 e. The van der Waals surface area contributed by atoms with E-state index >= 15 is 0 Å². The van der Waals surface area contributed by atoms with Crippen molar-refractivity contribution in [3.05, 3.63) is 35.5 Å². The van der Waals surface area contributed by atoms with Gasteiger partial charge in [0, 0.05) is 24.2 Å². The van der Waals surface area contributed by atoms with Gasteiger partial charge in [0.15, 0.2) is 0 Å². The lowest BCUT2D eigenvalue weighted by atomic mass is 10.1. The second-order valence-corrected chi connectivity index (χ2v) is 3.60. The van der Waals surface area contributed by atoms with Gasteiger partial charge in [-0.3, -0.25) is 0 Å². The summed E-state index contributed by atoms with van der Waals surface area (Å²) in [4.78, 5) is 0. The van der Waals surface area contributed by atoms with E-state index in [2.05, 4.69) is 17.6 Å². The second-order valence-electron chi connectivity index (χ2n) is 3.60. The Morgan fingerprint density at radius 2 is 2.20 bits per heavy atom. The smallest absolute Gasteiger partial charge is 0.0833 e. The molecule has 0 aliphatic heterocycles. The monoisotopic (exact) mass is 204 g/mol. The number of fused-ring (bicyclic) bond motifs is 1. The molecule has 1 aromatic heterocycles. The number of nitrogens with two attached hydrogens (primary N) is 1. The highest BCUT2D eigenvalue weighted by Crippen LogP contribution is 2.23. The van der Waals surface area contributed by atoms with Crippen molar-refractivity contribution in [2.24, 2.45) is 5.73 Å². The van der Waals surface area contributed by atoms with Gasteiger partial charge in [-0.05, 0) is 18.6 Å². The molecule has 0 spiro atoms. The van der Waals surface area contributed by atoms with Gasteiger partial charge in [0.05, 0.1) is 12.1 Å². The van der Waals surface area contributed by atoms with E-state index in [4.69, 9.17) is 5.73 Å². The Bertz CT molecular complexity index is 474. The molecule has 0 fully saturated rings. The third-order valence-electron chi connectivity index (χ3n) is 2.79. The number of aliphatic hydroxyl groups is 1. The summed E-state index contributed by atoms with van der Waals surface area (Å²) in [6.07, 6.45) is 0. The molecule has 0 saturated heterocycles. The molecule has 0 atom stereocenters. The van der Waals surface area contributed by atoms with Crippen LogP contribution in [0.5, 0.6) is 0 Å². The fourth-order valence-electron chi connectivity index (χ4n) is 2.11. The van der Waals surface area contributed by atoms with Crippen LogP contribution >= 0.6 is 0 Å². The molecule has 80 valence electrons. The highest BCUT2D eigenvalue weighted by atomic mass is 16.3. The number of hydrogen-bond donors (Lipinski definition) is 2. The van der Waals surface area contributed by atoms with E-state index in [1.807, 2.05) is 18.2 Å². The molecule has 2 rings (SSSR count). The predicted octanol–water partition coefficient (Wildman–Crippen LogP) is 1.61. The third kappa shape index (κ3) is 1.54. The highest BCUT2D eigenvalue weighted by molar-refractivity contribution is 5.84. The van der Waals surface area contributed by atoms with Crippen LogP contribution in [-0.2, 0) is 19.7 Å². The zero-order valence-corrected chi connectivity index (χ0v) is 8.90. The lowest BCUT2D eigenvalue weighted by molar-refractivity contribution is 0.272. The number of aliphatic hydroxyl groups excluding tert-OH is 1. The number of nitrogens with zero attached hydrogens (tertiary/aromatic N) is 1. The van der Waals surface area contributed by atoms with Gasteiger partial charge in [0.1, 0.15) is 0 Å². The lowest BCUT2D eigenvalue weighted by Crippen LogP contribution is -2.04. The first kappa shape index (κ1) is 10.2. The molecule has 1 aromatic carbocycles. The molecule has 0 aliphatic rings. The van der Waals surface area contributed by atoms with Gasteiger partial charge in [-0.15, -0.1) is 0 Å². The van der Waals surface area contributed by atoms with Crippen LogP contribution in [0, 0.1) is 0 Å². The molecule has 0 amide bonds. The molecule has 0 radical (unpaired) electrons. The Morgan fingerprint density at radius 3 is 2.80 bits per heavy atom. The van der Waals surface area contributed by atoms with Gasteiger partial charge in [-0.2, -0.15) is 0 Å². The number of aryl methyl sites for hydroxylation is 1. The summed E-state index contributed by atoms with van der Waals surface area (Å²) in [6.45, 7) is 3.54. The number of hydrogen-bond acceptors (Lipinski definition) is 2. The number of benzene rings is 1. The van der Waals surface area contributed by atoms with Crippen molar-refractivity contribution < 1.29 is 5.11 Å². The molecule has 1 heterocycles. The van der Waals surface area contributed by atoms with E-state index in [9.17, 15) is 5.11 Å². The SMILES string of the molecule is CCn1c(CO)cc2cccc(CN)c21. The molecule has 0 saturated carbocycles. The van der Waals surface area contributed by atoms with Crippen LogP contribution in [0.3, 0.4) is 0 Å². The summed E-state index contributed by atoms with van der Waals surface area (Å²) in [5.74, 6) is 0. The van der Waals surface area contributed by atoms with Crippen molar-refractivity contribution in [3.63, 3.8) is 0 Å². The van der Waals surface area contributed by atoms with Crippen molar-refractivity contribution in [1.82, 2.24) is 4.57 Å². The Hall–Kier alpha value is -1.32. The average molecular weight is 204 g/mol. The Labute approximate surface area is 89.1 Å². The highest BCUT2D eigenvalue weighted by Gasteiger charge is 2.09. The van der Waals surface area contributed by atoms with Gasteiger partial charge in [0.2, 0.25) is 0 Å². The molecule has 0 aliphatic carbocycles. The van der Waals surface area contributed by atoms with E-state index in [-0.39, 0.29) is 6.61 Å². The number of aromatic nitrogens is 1. The van der Waals surface area contributed by atoms with E-state index in [1.54, 1.807) is 0 Å². The van der Waals surface area contributed by atoms with Crippen LogP contribution in [0.4, 0.5) is 0 Å². The van der Waals surface area contributed by atoms with Crippen molar-refractivity contribution in [1.29, 1.82) is 0 Å². The maximum Gasteiger partial charge on any atom is 0.0833 e. The van der Waals surface area contributed by atoms with Gasteiger partial charge in [0.25, 0.3) is 0 Å². The van der Waals surface area contributed by atoms with E-state index < -0.39 is 0 Å². The summed E-state index contributed by atoms with van der Waals surface area (Å²) < 4.78 is 2.12. The van der Waals surface area contributed by atoms with Crippen LogP contribution < -0.4 is 5.73 Å². The third-order valence-corrected chi connectivity index (χ3v) is 2.79. The van der Waals surface area contributed by atoms with Gasteiger partial charge < -0.3 is 15.4 Å². The van der Waals surface area contributed by atoms with Crippen molar-refractivity contribution in [3.8, 4) is 0 Å². The number of para-hydroxylation sites is 1. The maximum absolute atomic E-state index is 9.26. The zero-order valence-electron chi connectivity index (χ0n) is 8.90. The molecular formula is C12H16N2O. The van der Waals surface area contributed by atoms with Crippen molar-refractivity contribution in [2.45, 2.75) is 26.6 Å². The molecule has 2 aromatic rings. The fourth-order valence-corrected chi connectivity index (χ4v) is 2.11. The Morgan fingerprint density at radius 1 is 1.40 bits per heavy atom. The summed E-state index contributed by atoms with van der Waals surface area (Å²) >= 11 is 0. The molecule has 0 unspecified atom stereocenters. The summed E-state index contributed by atoms with van der Waals surface area (Å²) in [5, 5.41) is 10.4. The predicted molar refractivity (Wildman–Crippen MR) is 61.4 cm³/mol. The van der Waals surface area contributed by atoms with E-state index in [1.165, 1.54) is 0 Å². The molecule has 0 bridgehead atoms. The van der Waals surface area contributed by atoms with Crippen molar-refractivity contribution in [2.75, 3.05) is 0 Å². The standard InChI is InChI=1S/C12H16N2O/c1-2-14-11(8-15)6-9-4-3-5-10(7-13)12(9)14/h3-6,15H,2,7-8,13H2,1H3. The van der Waals surface area contributed by atoms with Gasteiger partial charge >= 0.3 is 0 Å². The average Bonchev–Trinajstić information content (AvgIpc) is 2.66. The molecule has 3 N–H and O–H groups in total. The summed E-state index contributed by atoms with van der Waals surface area (Å²) in [7, 11) is 0. The summed E-state index contributed by atoms with van der Waals surface area (Å²) in [6, 6.07) is 8.12. The first-order valence-corrected chi connectivity index (χ1v) is 5.22. The normalized spacial score (nSPS) is 11.1. The van der Waals surface area contributed by atoms with Crippen molar-refractivity contribution >= 4 is 10.9 Å². The van der Waals surface area contributed by atoms with Crippen LogP contribution in [0.2, 0.25) is 0 Å². The fraction of sp³-hybridized carbons (Fsp3) is 0.333. The zero-order chi connectivity index (χ0) is 10.8. The minimum absolute atomic E-state index is 0.0759. The van der Waals surface area contributed by atoms with Crippen LogP contribution in [0.1, 0.15) is 18.2 Å². The van der Waals surface area contributed by atoms with Crippen LogP contribution in [-0.4, -0.2) is 9.67 Å². The lowest BCUT2D eigenvalue weighted by Gasteiger charge is -2.08. The first-order valence-electron chi connectivity index (χ1n) is 5.22. The summed E-state index contributed by atoms with van der Waals surface area (Å²) in [5.41, 5.74) is 8.96. The molecule has 3 heteroatoms. The molecule has 15 heavy (non-hydrogen) atoms. The molecule has 3 nitrogen and oxygen atoms in total. The second kappa shape index (κ2) is 4.04. The van der Waals surface area contributed by atoms with E-state index in [0.717, 1.165) is 28.7 Å². The molecular weight excluding hydrogens is 188 g/mol. The van der Waals surface area contributed by atoms with Crippen LogP contribution in [0.25, 0.3) is 10.9 Å². The number of rotatable bonds is 3. The Kier molecular flexibility index (Phi) is 2.75. The van der Waals surface area contributed by atoms with Crippen LogP contribution in [0.15, 0.2) is 24.3 Å². The van der Waals surface area contributed by atoms with E-state index in [0.29, 0.717) is 6.54 Å². The maximum atomic E-state index is 9.26. The quantitative estimate of drug-likeness (QED) is 0.798. The topological polar surface area (TPSA) is 51.2 Å². The van der Waals surface area contributed by atoms with Gasteiger partial charge in [-0.25, -0.2) is 0 Å². The Balaban J connectivity index is 2.78. The minimum Gasteiger partial charge on any atom is -0.390 e. The minimum atomic E-state index is 0.0759. The first-order chi connectivity index (χ1) is 7.31.